The van der Waals surface area contributed by atoms with Crippen molar-refractivity contribution in [2.75, 3.05) is 6.54 Å². The third kappa shape index (κ3) is 7.25. The molecule has 4 unspecified atom stereocenters. The predicted molar refractivity (Wildman–Crippen MR) is 149 cm³/mol. The van der Waals surface area contributed by atoms with Crippen molar-refractivity contribution in [3.63, 3.8) is 0 Å². The molecule has 0 saturated heterocycles. The number of hydrogen-bond acceptors (Lipinski definition) is 5. The van der Waals surface area contributed by atoms with Crippen LogP contribution in [-0.4, -0.2) is 39.2 Å². The van der Waals surface area contributed by atoms with E-state index in [9.17, 15) is 13.9 Å². The monoisotopic (exact) mass is 538 g/mol. The van der Waals surface area contributed by atoms with Crippen LogP contribution < -0.4 is 10.6 Å². The van der Waals surface area contributed by atoms with E-state index in [1.54, 1.807) is 12.3 Å². The fourth-order valence-corrected chi connectivity index (χ4v) is 5.22. The van der Waals surface area contributed by atoms with E-state index in [0.717, 1.165) is 30.2 Å². The van der Waals surface area contributed by atoms with Gasteiger partial charge < -0.3 is 20.5 Å². The van der Waals surface area contributed by atoms with E-state index in [4.69, 9.17) is 4.74 Å². The zero-order chi connectivity index (χ0) is 28.2. The lowest BCUT2D eigenvalue weighted by Gasteiger charge is -2.31. The summed E-state index contributed by atoms with van der Waals surface area (Å²) in [5.74, 6) is -0.360. The van der Waals surface area contributed by atoms with Crippen molar-refractivity contribution >= 4 is 0 Å². The lowest BCUT2D eigenvalue weighted by Crippen LogP contribution is -2.49. The number of halogens is 2. The summed E-state index contributed by atoms with van der Waals surface area (Å²) in [6.45, 7) is 10.1. The fourth-order valence-electron chi connectivity index (χ4n) is 5.22. The van der Waals surface area contributed by atoms with Crippen LogP contribution in [0.5, 0.6) is 0 Å². The quantitative estimate of drug-likeness (QED) is 0.262. The maximum absolute atomic E-state index is 14.0. The van der Waals surface area contributed by atoms with Gasteiger partial charge in [0.1, 0.15) is 17.2 Å². The first-order valence-corrected chi connectivity index (χ1v) is 13.6. The zero-order valence-corrected chi connectivity index (χ0v) is 23.4. The molecule has 3 N–H and O–H groups in total. The maximum atomic E-state index is 14.0. The standard InChI is InChI=1S/C31H40F2N4O2/c1-6-22-19-31(22,23-10-8-11-26(17-23)37-13-9-12-35-37)34-20-28(38)27(36-29(7-2)39-30(3,4)5)16-21-14-24(32)18-25(33)15-21/h7-15,17-18,22,27-28,34,36,38H,6,16,19-20H2,1-5H3/b29-7+. The molecule has 6 nitrogen and oxygen atoms in total. The highest BCUT2D eigenvalue weighted by atomic mass is 19.1. The van der Waals surface area contributed by atoms with Crippen molar-refractivity contribution in [2.24, 2.45) is 5.92 Å². The van der Waals surface area contributed by atoms with E-state index in [-0.39, 0.29) is 18.5 Å². The Hall–Kier alpha value is -3.23. The summed E-state index contributed by atoms with van der Waals surface area (Å²) in [5, 5.41) is 22.8. The van der Waals surface area contributed by atoms with E-state index in [1.807, 2.05) is 56.8 Å². The van der Waals surface area contributed by atoms with Crippen LogP contribution in [-0.2, 0) is 16.7 Å². The summed E-state index contributed by atoms with van der Waals surface area (Å²) in [4.78, 5) is 0. The number of rotatable bonds is 12. The van der Waals surface area contributed by atoms with Crippen molar-refractivity contribution in [3.8, 4) is 5.69 Å². The molecule has 4 rings (SSSR count). The van der Waals surface area contributed by atoms with E-state index >= 15 is 0 Å². The minimum absolute atomic E-state index is 0.210. The number of nitrogens with one attached hydrogen (secondary N) is 2. The third-order valence-corrected chi connectivity index (χ3v) is 7.20. The molecule has 0 amide bonds. The third-order valence-electron chi connectivity index (χ3n) is 7.20. The minimum Gasteiger partial charge on any atom is -0.474 e. The number of allylic oxidation sites excluding steroid dienone is 1. The number of benzene rings is 2. The van der Waals surface area contributed by atoms with Gasteiger partial charge in [0.15, 0.2) is 5.88 Å². The van der Waals surface area contributed by atoms with Crippen molar-refractivity contribution in [1.29, 1.82) is 0 Å². The zero-order valence-electron chi connectivity index (χ0n) is 23.4. The van der Waals surface area contributed by atoms with E-state index < -0.39 is 29.4 Å². The maximum Gasteiger partial charge on any atom is 0.183 e. The summed E-state index contributed by atoms with van der Waals surface area (Å²) in [7, 11) is 0. The molecule has 0 bridgehead atoms. The van der Waals surface area contributed by atoms with Crippen LogP contribution in [0.2, 0.25) is 0 Å². The smallest absolute Gasteiger partial charge is 0.183 e. The Morgan fingerprint density at radius 2 is 1.95 bits per heavy atom. The number of ether oxygens (including phenoxy) is 1. The Balaban J connectivity index is 1.55. The van der Waals surface area contributed by atoms with Crippen LogP contribution in [0.1, 0.15) is 58.6 Å². The number of aliphatic hydroxyl groups is 1. The van der Waals surface area contributed by atoms with E-state index in [0.29, 0.717) is 17.4 Å². The molecule has 3 aromatic rings. The molecular formula is C31H40F2N4O2. The molecule has 1 saturated carbocycles. The van der Waals surface area contributed by atoms with Crippen molar-refractivity contribution in [3.05, 3.63) is 95.6 Å². The molecule has 1 heterocycles. The molecule has 8 heteroatoms. The molecule has 1 aliphatic carbocycles. The highest BCUT2D eigenvalue weighted by Crippen LogP contribution is 2.54. The second-order valence-electron chi connectivity index (χ2n) is 11.3. The molecule has 1 aromatic heterocycles. The van der Waals surface area contributed by atoms with Crippen LogP contribution in [0.3, 0.4) is 0 Å². The Kier molecular flexibility index (Phi) is 8.76. The van der Waals surface area contributed by atoms with Gasteiger partial charge in [0.25, 0.3) is 0 Å². The Morgan fingerprint density at radius 3 is 2.54 bits per heavy atom. The largest absolute Gasteiger partial charge is 0.474 e. The molecule has 0 spiro atoms. The van der Waals surface area contributed by atoms with Gasteiger partial charge in [0.05, 0.1) is 17.8 Å². The van der Waals surface area contributed by atoms with Crippen molar-refractivity contribution < 1.29 is 18.6 Å². The van der Waals surface area contributed by atoms with Gasteiger partial charge in [-0.05, 0) is 94.0 Å². The summed E-state index contributed by atoms with van der Waals surface area (Å²) in [6, 6.07) is 13.1. The summed E-state index contributed by atoms with van der Waals surface area (Å²) >= 11 is 0. The van der Waals surface area contributed by atoms with Crippen molar-refractivity contribution in [2.45, 2.75) is 77.2 Å². The summed E-state index contributed by atoms with van der Waals surface area (Å²) < 4.78 is 35.8. The average molecular weight is 539 g/mol. The normalized spacial score (nSPS) is 20.9. The Labute approximate surface area is 230 Å². The van der Waals surface area contributed by atoms with Crippen LogP contribution in [0.25, 0.3) is 5.69 Å². The fraction of sp³-hybridized carbons (Fsp3) is 0.452. The number of nitrogens with zero attached hydrogens (tertiary/aromatic N) is 2. The highest BCUT2D eigenvalue weighted by molar-refractivity contribution is 5.42. The Morgan fingerprint density at radius 1 is 1.21 bits per heavy atom. The van der Waals surface area contributed by atoms with Crippen LogP contribution in [0.15, 0.2) is 72.9 Å². The van der Waals surface area contributed by atoms with Gasteiger partial charge in [-0.3, -0.25) is 0 Å². The molecule has 4 atom stereocenters. The van der Waals surface area contributed by atoms with Gasteiger partial charge in [-0.1, -0.05) is 25.5 Å². The predicted octanol–water partition coefficient (Wildman–Crippen LogP) is 5.60. The minimum atomic E-state index is -0.876. The molecule has 210 valence electrons. The van der Waals surface area contributed by atoms with E-state index in [2.05, 4.69) is 34.8 Å². The second-order valence-corrected chi connectivity index (χ2v) is 11.3. The molecule has 1 fully saturated rings. The first-order valence-electron chi connectivity index (χ1n) is 13.6. The van der Waals surface area contributed by atoms with Crippen LogP contribution >= 0.6 is 0 Å². The number of hydrogen-bond donors (Lipinski definition) is 3. The van der Waals surface area contributed by atoms with Crippen LogP contribution in [0, 0.1) is 17.6 Å². The second kappa shape index (κ2) is 11.9. The summed E-state index contributed by atoms with van der Waals surface area (Å²) in [5.41, 5.74) is 1.86. The van der Waals surface area contributed by atoms with Gasteiger partial charge in [-0.15, -0.1) is 0 Å². The number of aromatic nitrogens is 2. The van der Waals surface area contributed by atoms with Gasteiger partial charge in [0, 0.05) is 30.5 Å². The van der Waals surface area contributed by atoms with Gasteiger partial charge in [-0.2, -0.15) is 5.10 Å². The molecule has 2 aromatic carbocycles. The van der Waals surface area contributed by atoms with Crippen LogP contribution in [0.4, 0.5) is 8.78 Å². The molecule has 1 aliphatic rings. The van der Waals surface area contributed by atoms with Crippen molar-refractivity contribution in [1.82, 2.24) is 20.4 Å². The lowest BCUT2D eigenvalue weighted by atomic mass is 9.97. The Bertz CT molecular complexity index is 1250. The highest BCUT2D eigenvalue weighted by Gasteiger charge is 2.54. The molecule has 0 radical (unpaired) electrons. The summed E-state index contributed by atoms with van der Waals surface area (Å²) in [6.07, 6.45) is 6.75. The molecule has 39 heavy (non-hydrogen) atoms. The van der Waals surface area contributed by atoms with E-state index in [1.165, 1.54) is 12.1 Å². The first-order chi connectivity index (χ1) is 18.5. The lowest BCUT2D eigenvalue weighted by molar-refractivity contribution is 0.0271. The number of aliphatic hydroxyl groups excluding tert-OH is 1. The van der Waals surface area contributed by atoms with Gasteiger partial charge in [0.2, 0.25) is 0 Å². The first kappa shape index (κ1) is 28.8. The van der Waals surface area contributed by atoms with Gasteiger partial charge >= 0.3 is 0 Å². The molecule has 0 aliphatic heterocycles. The van der Waals surface area contributed by atoms with Gasteiger partial charge in [-0.25, -0.2) is 13.5 Å². The average Bonchev–Trinajstić information content (AvgIpc) is 3.33. The molecular weight excluding hydrogens is 498 g/mol. The topological polar surface area (TPSA) is 71.3 Å². The SMILES string of the molecule is C/C=C(\NC(Cc1cc(F)cc(F)c1)C(O)CNC1(c2cccc(-n3cccn3)c2)CC1CC)OC(C)(C)C.